The molecule has 7 nitrogen and oxygen atoms in total. The van der Waals surface area contributed by atoms with Crippen LogP contribution in [0.15, 0.2) is 35.3 Å². The second-order valence-corrected chi connectivity index (χ2v) is 7.67. The van der Waals surface area contributed by atoms with Crippen LogP contribution in [0.25, 0.3) is 0 Å². The van der Waals surface area contributed by atoms with Crippen LogP contribution < -0.4 is 5.32 Å². The molecule has 0 bridgehead atoms. The fourth-order valence-electron chi connectivity index (χ4n) is 2.71. The lowest BCUT2D eigenvalue weighted by Crippen LogP contribution is -2.32. The number of Topliss-reactive ketones (excluding diaryl/α,β-unsaturated/α-hetero) is 1. The van der Waals surface area contributed by atoms with Crippen LogP contribution in [0.2, 0.25) is 0 Å². The first kappa shape index (κ1) is 23.1. The average Bonchev–Trinajstić information content (AvgIpc) is 3.09. The summed E-state index contributed by atoms with van der Waals surface area (Å²) in [5.41, 5.74) is -1.45. The Labute approximate surface area is 171 Å². The lowest BCUT2D eigenvalue weighted by Gasteiger charge is -2.22. The second kappa shape index (κ2) is 8.68. The molecule has 0 spiro atoms. The Morgan fingerprint density at radius 3 is 2.23 bits per heavy atom. The summed E-state index contributed by atoms with van der Waals surface area (Å²) < 4.78 is 38.4. The lowest BCUT2D eigenvalue weighted by atomic mass is 9.92. The van der Waals surface area contributed by atoms with E-state index in [0.29, 0.717) is 6.42 Å². The molecule has 0 radical (unpaired) electrons. The first-order valence-electron chi connectivity index (χ1n) is 9.18. The molecule has 0 aliphatic rings. The molecule has 0 saturated carbocycles. The van der Waals surface area contributed by atoms with Crippen molar-refractivity contribution >= 4 is 23.4 Å². The van der Waals surface area contributed by atoms with Crippen molar-refractivity contribution in [3.63, 3.8) is 0 Å². The summed E-state index contributed by atoms with van der Waals surface area (Å²) in [6.45, 7) is 7.20. The molecule has 1 aromatic carbocycles. The SMILES string of the molecule is CCC(C(=O)c1ccc(C(F)(F)F)cc1)C(=NC(C)(C)C)Nc1cc(C(=O)O)[nH]n1. The van der Waals surface area contributed by atoms with Crippen LogP contribution in [0.1, 0.15) is 60.5 Å². The summed E-state index contributed by atoms with van der Waals surface area (Å²) in [6, 6.07) is 5.26. The van der Waals surface area contributed by atoms with Crippen LogP contribution in [0.5, 0.6) is 0 Å². The zero-order valence-electron chi connectivity index (χ0n) is 17.0. The number of hydrogen-bond acceptors (Lipinski definition) is 4. The predicted octanol–water partition coefficient (Wildman–Crippen LogP) is 4.64. The molecule has 30 heavy (non-hydrogen) atoms. The zero-order valence-corrected chi connectivity index (χ0v) is 17.0. The molecule has 0 fully saturated rings. The van der Waals surface area contributed by atoms with Gasteiger partial charge >= 0.3 is 12.1 Å². The van der Waals surface area contributed by atoms with E-state index < -0.39 is 34.9 Å². The number of H-pyrrole nitrogens is 1. The third-order valence-corrected chi connectivity index (χ3v) is 4.07. The van der Waals surface area contributed by atoms with Crippen molar-refractivity contribution in [3.05, 3.63) is 47.2 Å². The van der Waals surface area contributed by atoms with Crippen molar-refractivity contribution in [2.75, 3.05) is 5.32 Å². The Bertz CT molecular complexity index is 941. The topological polar surface area (TPSA) is 107 Å². The fourth-order valence-corrected chi connectivity index (χ4v) is 2.71. The number of nitrogens with zero attached hydrogens (tertiary/aromatic N) is 2. The number of benzene rings is 1. The predicted molar refractivity (Wildman–Crippen MR) is 106 cm³/mol. The molecule has 10 heteroatoms. The molecule has 1 aromatic heterocycles. The summed E-state index contributed by atoms with van der Waals surface area (Å²) >= 11 is 0. The smallest absolute Gasteiger partial charge is 0.416 e. The van der Waals surface area contributed by atoms with Gasteiger partial charge in [0.15, 0.2) is 11.6 Å². The van der Waals surface area contributed by atoms with Gasteiger partial charge < -0.3 is 10.4 Å². The number of alkyl halides is 3. The van der Waals surface area contributed by atoms with E-state index in [1.165, 1.54) is 6.07 Å². The van der Waals surface area contributed by atoms with Crippen LogP contribution in [0, 0.1) is 5.92 Å². The van der Waals surface area contributed by atoms with Gasteiger partial charge in [-0.2, -0.15) is 18.3 Å². The number of aromatic nitrogens is 2. The number of rotatable bonds is 6. The second-order valence-electron chi connectivity index (χ2n) is 7.67. The average molecular weight is 424 g/mol. The van der Waals surface area contributed by atoms with Gasteiger partial charge in [-0.3, -0.25) is 14.9 Å². The van der Waals surface area contributed by atoms with Crippen LogP contribution in [-0.4, -0.2) is 38.4 Å². The van der Waals surface area contributed by atoms with E-state index in [-0.39, 0.29) is 22.9 Å². The Morgan fingerprint density at radius 2 is 1.80 bits per heavy atom. The highest BCUT2D eigenvalue weighted by atomic mass is 19.4. The molecule has 1 atom stereocenters. The van der Waals surface area contributed by atoms with Crippen LogP contribution >= 0.6 is 0 Å². The molecule has 0 saturated heterocycles. The number of carboxylic acids is 1. The highest BCUT2D eigenvalue weighted by Gasteiger charge is 2.31. The largest absolute Gasteiger partial charge is 0.477 e. The molecule has 0 aliphatic heterocycles. The first-order chi connectivity index (χ1) is 13.8. The van der Waals surface area contributed by atoms with Crippen molar-refractivity contribution in [1.29, 1.82) is 0 Å². The maximum absolute atomic E-state index is 13.0. The minimum absolute atomic E-state index is 0.117. The third-order valence-electron chi connectivity index (χ3n) is 4.07. The number of halogens is 3. The van der Waals surface area contributed by atoms with Gasteiger partial charge in [-0.25, -0.2) is 4.79 Å². The highest BCUT2D eigenvalue weighted by molar-refractivity contribution is 6.15. The fraction of sp³-hybridized carbons (Fsp3) is 0.400. The molecule has 2 rings (SSSR count). The van der Waals surface area contributed by atoms with Crippen molar-refractivity contribution in [3.8, 4) is 0 Å². The number of carboxylic acid groups (broad SMARTS) is 1. The van der Waals surface area contributed by atoms with E-state index in [1.807, 2.05) is 20.8 Å². The molecule has 3 N–H and O–H groups in total. The third kappa shape index (κ3) is 5.91. The normalized spacial score (nSPS) is 13.8. The number of aliphatic imine (C=N–C) groups is 1. The monoisotopic (exact) mass is 424 g/mol. The molecule has 1 unspecified atom stereocenters. The number of nitrogens with one attached hydrogen (secondary N) is 2. The number of aromatic carboxylic acids is 1. The lowest BCUT2D eigenvalue weighted by molar-refractivity contribution is -0.137. The van der Waals surface area contributed by atoms with E-state index in [1.54, 1.807) is 6.92 Å². The molecule has 162 valence electrons. The number of ketones is 1. The van der Waals surface area contributed by atoms with Crippen molar-refractivity contribution in [2.45, 2.75) is 45.8 Å². The van der Waals surface area contributed by atoms with Gasteiger partial charge in [0.25, 0.3) is 0 Å². The number of carbonyl (C=O) groups is 2. The van der Waals surface area contributed by atoms with E-state index >= 15 is 0 Å². The Balaban J connectivity index is 2.37. The maximum atomic E-state index is 13.0. The van der Waals surface area contributed by atoms with Crippen LogP contribution in [0.3, 0.4) is 0 Å². The van der Waals surface area contributed by atoms with Crippen molar-refractivity contribution in [1.82, 2.24) is 10.2 Å². The molecule has 0 amide bonds. The number of carbonyl (C=O) groups excluding carboxylic acids is 1. The standard InChI is InChI=1S/C20H23F3N4O3/c1-5-13(16(28)11-6-8-12(9-7-11)20(21,22)23)17(25-19(2,3)4)24-15-10-14(18(29)30)26-27-15/h6-10,13H,5H2,1-4H3,(H,29,30)(H2,24,25,26,27). The van der Waals surface area contributed by atoms with Gasteiger partial charge in [-0.1, -0.05) is 19.1 Å². The number of hydrogen-bond donors (Lipinski definition) is 3. The van der Waals surface area contributed by atoms with Crippen LogP contribution in [0.4, 0.5) is 19.0 Å². The molecule has 2 aromatic rings. The summed E-state index contributed by atoms with van der Waals surface area (Å²) in [7, 11) is 0. The minimum Gasteiger partial charge on any atom is -0.477 e. The number of anilines is 1. The van der Waals surface area contributed by atoms with E-state index in [4.69, 9.17) is 5.11 Å². The molecule has 0 aliphatic carbocycles. The molecular weight excluding hydrogens is 401 g/mol. The Kier molecular flexibility index (Phi) is 6.69. The van der Waals surface area contributed by atoms with E-state index in [2.05, 4.69) is 20.5 Å². The minimum atomic E-state index is -4.49. The van der Waals surface area contributed by atoms with Crippen molar-refractivity contribution in [2.24, 2.45) is 10.9 Å². The highest BCUT2D eigenvalue weighted by Crippen LogP contribution is 2.29. The van der Waals surface area contributed by atoms with Gasteiger partial charge in [-0.05, 0) is 39.3 Å². The van der Waals surface area contributed by atoms with Gasteiger partial charge in [0, 0.05) is 11.6 Å². The summed E-state index contributed by atoms with van der Waals surface area (Å²) in [4.78, 5) is 28.6. The summed E-state index contributed by atoms with van der Waals surface area (Å²) in [5.74, 6) is -1.98. The maximum Gasteiger partial charge on any atom is 0.416 e. The van der Waals surface area contributed by atoms with Crippen molar-refractivity contribution < 1.29 is 27.9 Å². The zero-order chi connectivity index (χ0) is 22.7. The summed E-state index contributed by atoms with van der Waals surface area (Å²) in [5, 5.41) is 18.1. The van der Waals surface area contributed by atoms with Gasteiger partial charge in [0.2, 0.25) is 0 Å². The van der Waals surface area contributed by atoms with E-state index in [9.17, 15) is 22.8 Å². The Hall–Kier alpha value is -3.17. The van der Waals surface area contributed by atoms with Crippen LogP contribution in [-0.2, 0) is 6.18 Å². The number of aromatic amines is 1. The molecular formula is C20H23F3N4O3. The van der Waals surface area contributed by atoms with Gasteiger partial charge in [0.05, 0.1) is 17.0 Å². The quantitative estimate of drug-likeness (QED) is 0.356. The van der Waals surface area contributed by atoms with Gasteiger partial charge in [0.1, 0.15) is 11.5 Å². The van der Waals surface area contributed by atoms with E-state index in [0.717, 1.165) is 24.3 Å². The molecule has 1 heterocycles. The number of amidine groups is 1. The van der Waals surface area contributed by atoms with Gasteiger partial charge in [-0.15, -0.1) is 0 Å². The first-order valence-corrected chi connectivity index (χ1v) is 9.18. The summed E-state index contributed by atoms with van der Waals surface area (Å²) in [6.07, 6.45) is -4.17. The Morgan fingerprint density at radius 1 is 1.20 bits per heavy atom.